The first-order valence-corrected chi connectivity index (χ1v) is 5.95. The second-order valence-corrected chi connectivity index (χ2v) is 4.50. The summed E-state index contributed by atoms with van der Waals surface area (Å²) in [5.74, 6) is 0. The number of nitrogens with two attached hydrogens (primary N) is 1. The molecule has 2 nitrogen and oxygen atoms in total. The van der Waals surface area contributed by atoms with Crippen LogP contribution in [0.5, 0.6) is 0 Å². The number of aryl methyl sites for hydroxylation is 1. The summed E-state index contributed by atoms with van der Waals surface area (Å²) in [5, 5.41) is 1.15. The van der Waals surface area contributed by atoms with Gasteiger partial charge in [0.05, 0.1) is 5.52 Å². The average molecular weight is 234 g/mol. The van der Waals surface area contributed by atoms with Crippen molar-refractivity contribution in [2.75, 3.05) is 5.73 Å². The van der Waals surface area contributed by atoms with E-state index in [2.05, 4.69) is 41.4 Å². The van der Waals surface area contributed by atoms with Crippen LogP contribution in [0.2, 0.25) is 0 Å². The molecule has 0 fully saturated rings. The van der Waals surface area contributed by atoms with E-state index in [0.29, 0.717) is 0 Å². The lowest BCUT2D eigenvalue weighted by atomic mass is 10.0. The molecule has 18 heavy (non-hydrogen) atoms. The molecule has 0 aliphatic heterocycles. The Kier molecular flexibility index (Phi) is 2.49. The lowest BCUT2D eigenvalue weighted by Crippen LogP contribution is -1.91. The number of pyridine rings is 1. The molecule has 0 atom stereocenters. The van der Waals surface area contributed by atoms with Gasteiger partial charge in [-0.05, 0) is 36.2 Å². The van der Waals surface area contributed by atoms with Gasteiger partial charge in [-0.1, -0.05) is 30.3 Å². The van der Waals surface area contributed by atoms with Crippen LogP contribution in [0.25, 0.3) is 22.0 Å². The Labute approximate surface area is 106 Å². The van der Waals surface area contributed by atoms with Crippen molar-refractivity contribution in [3.63, 3.8) is 0 Å². The zero-order chi connectivity index (χ0) is 12.5. The van der Waals surface area contributed by atoms with Gasteiger partial charge in [-0.3, -0.25) is 4.98 Å². The van der Waals surface area contributed by atoms with Crippen molar-refractivity contribution in [1.29, 1.82) is 0 Å². The standard InChI is InChI=1S/C16H14N2/c1-11-4-7-14(15(17)9-11)13-6-5-12-3-2-8-18-16(12)10-13/h2-10H,17H2,1H3. The molecule has 0 radical (unpaired) electrons. The SMILES string of the molecule is Cc1ccc(-c2ccc3cccnc3c2)c(N)c1. The number of nitrogen functional groups attached to an aromatic ring is 1. The van der Waals surface area contributed by atoms with Crippen molar-refractivity contribution < 1.29 is 0 Å². The summed E-state index contributed by atoms with van der Waals surface area (Å²) >= 11 is 0. The van der Waals surface area contributed by atoms with Gasteiger partial charge in [-0.2, -0.15) is 0 Å². The zero-order valence-electron chi connectivity index (χ0n) is 10.2. The number of fused-ring (bicyclic) bond motifs is 1. The van der Waals surface area contributed by atoms with Crippen LogP contribution in [0.15, 0.2) is 54.7 Å². The summed E-state index contributed by atoms with van der Waals surface area (Å²) in [6.45, 7) is 2.04. The van der Waals surface area contributed by atoms with Gasteiger partial charge >= 0.3 is 0 Å². The summed E-state index contributed by atoms with van der Waals surface area (Å²) in [6, 6.07) is 16.4. The van der Waals surface area contributed by atoms with Crippen LogP contribution in [0.3, 0.4) is 0 Å². The van der Waals surface area contributed by atoms with Gasteiger partial charge in [0.15, 0.2) is 0 Å². The van der Waals surface area contributed by atoms with Crippen molar-refractivity contribution >= 4 is 16.6 Å². The summed E-state index contributed by atoms with van der Waals surface area (Å²) in [6.07, 6.45) is 1.81. The van der Waals surface area contributed by atoms with E-state index in [0.717, 1.165) is 27.7 Å². The molecule has 2 aromatic carbocycles. The third-order valence-corrected chi connectivity index (χ3v) is 3.12. The Balaban J connectivity index is 2.19. The number of hydrogen-bond acceptors (Lipinski definition) is 2. The normalized spacial score (nSPS) is 10.7. The first-order chi connectivity index (χ1) is 8.74. The average Bonchev–Trinajstić information content (AvgIpc) is 2.38. The van der Waals surface area contributed by atoms with E-state index in [4.69, 9.17) is 5.73 Å². The van der Waals surface area contributed by atoms with Crippen molar-refractivity contribution in [2.45, 2.75) is 6.92 Å². The third kappa shape index (κ3) is 1.82. The van der Waals surface area contributed by atoms with E-state index in [1.54, 1.807) is 0 Å². The summed E-state index contributed by atoms with van der Waals surface area (Å²) in [7, 11) is 0. The molecule has 2 heteroatoms. The Bertz CT molecular complexity index is 717. The fourth-order valence-electron chi connectivity index (χ4n) is 2.18. The fourth-order valence-corrected chi connectivity index (χ4v) is 2.18. The van der Waals surface area contributed by atoms with Crippen LogP contribution in [0.4, 0.5) is 5.69 Å². The highest BCUT2D eigenvalue weighted by molar-refractivity contribution is 5.87. The molecular formula is C16H14N2. The maximum Gasteiger partial charge on any atom is 0.0708 e. The van der Waals surface area contributed by atoms with Gasteiger partial charge in [0.25, 0.3) is 0 Å². The molecule has 0 saturated heterocycles. The summed E-state index contributed by atoms with van der Waals surface area (Å²) < 4.78 is 0. The number of anilines is 1. The van der Waals surface area contributed by atoms with Crippen molar-refractivity contribution in [3.05, 3.63) is 60.3 Å². The molecule has 0 saturated carbocycles. The largest absolute Gasteiger partial charge is 0.398 e. The van der Waals surface area contributed by atoms with Crippen LogP contribution in [-0.2, 0) is 0 Å². The predicted octanol–water partition coefficient (Wildman–Crippen LogP) is 3.79. The molecular weight excluding hydrogens is 220 g/mol. The highest BCUT2D eigenvalue weighted by atomic mass is 14.6. The van der Waals surface area contributed by atoms with E-state index in [-0.39, 0.29) is 0 Å². The number of benzene rings is 2. The smallest absolute Gasteiger partial charge is 0.0708 e. The Hall–Kier alpha value is -2.35. The molecule has 3 rings (SSSR count). The molecule has 0 unspecified atom stereocenters. The first kappa shape index (κ1) is 10.8. The van der Waals surface area contributed by atoms with Crippen molar-refractivity contribution in [2.24, 2.45) is 0 Å². The third-order valence-electron chi connectivity index (χ3n) is 3.12. The van der Waals surface area contributed by atoms with E-state index in [9.17, 15) is 0 Å². The van der Waals surface area contributed by atoms with Crippen LogP contribution in [0, 0.1) is 6.92 Å². The number of rotatable bonds is 1. The highest BCUT2D eigenvalue weighted by Crippen LogP contribution is 2.28. The fraction of sp³-hybridized carbons (Fsp3) is 0.0625. The van der Waals surface area contributed by atoms with E-state index >= 15 is 0 Å². The lowest BCUT2D eigenvalue weighted by molar-refractivity contribution is 1.41. The minimum absolute atomic E-state index is 0.810. The van der Waals surface area contributed by atoms with Gasteiger partial charge in [0, 0.05) is 22.8 Å². The maximum absolute atomic E-state index is 6.08. The Morgan fingerprint density at radius 1 is 1.00 bits per heavy atom. The minimum atomic E-state index is 0.810. The molecule has 1 aromatic heterocycles. The van der Waals surface area contributed by atoms with E-state index in [1.807, 2.05) is 25.3 Å². The van der Waals surface area contributed by atoms with Gasteiger partial charge in [-0.25, -0.2) is 0 Å². The topological polar surface area (TPSA) is 38.9 Å². The molecule has 1 heterocycles. The lowest BCUT2D eigenvalue weighted by Gasteiger charge is -2.07. The van der Waals surface area contributed by atoms with Crippen molar-refractivity contribution in [3.8, 4) is 11.1 Å². The van der Waals surface area contributed by atoms with Crippen LogP contribution >= 0.6 is 0 Å². The molecule has 2 N–H and O–H groups in total. The zero-order valence-corrected chi connectivity index (χ0v) is 10.2. The van der Waals surface area contributed by atoms with E-state index < -0.39 is 0 Å². The summed E-state index contributed by atoms with van der Waals surface area (Å²) in [4.78, 5) is 4.37. The molecule has 88 valence electrons. The molecule has 0 aliphatic rings. The van der Waals surface area contributed by atoms with Crippen LogP contribution in [0.1, 0.15) is 5.56 Å². The van der Waals surface area contributed by atoms with Gasteiger partial charge < -0.3 is 5.73 Å². The monoisotopic (exact) mass is 234 g/mol. The second-order valence-electron chi connectivity index (χ2n) is 4.50. The van der Waals surface area contributed by atoms with Gasteiger partial charge in [-0.15, -0.1) is 0 Å². The van der Waals surface area contributed by atoms with Crippen molar-refractivity contribution in [1.82, 2.24) is 4.98 Å². The molecule has 0 amide bonds. The second kappa shape index (κ2) is 4.15. The van der Waals surface area contributed by atoms with Crippen LogP contribution in [-0.4, -0.2) is 4.98 Å². The molecule has 0 bridgehead atoms. The minimum Gasteiger partial charge on any atom is -0.398 e. The highest BCUT2D eigenvalue weighted by Gasteiger charge is 2.04. The Morgan fingerprint density at radius 3 is 2.72 bits per heavy atom. The number of aromatic nitrogens is 1. The molecule has 0 spiro atoms. The molecule has 3 aromatic rings. The number of hydrogen-bond donors (Lipinski definition) is 1. The Morgan fingerprint density at radius 2 is 1.89 bits per heavy atom. The van der Waals surface area contributed by atoms with Gasteiger partial charge in [0.2, 0.25) is 0 Å². The van der Waals surface area contributed by atoms with Crippen LogP contribution < -0.4 is 5.73 Å². The van der Waals surface area contributed by atoms with Gasteiger partial charge in [0.1, 0.15) is 0 Å². The predicted molar refractivity (Wildman–Crippen MR) is 76.3 cm³/mol. The van der Waals surface area contributed by atoms with E-state index in [1.165, 1.54) is 5.56 Å². The summed E-state index contributed by atoms with van der Waals surface area (Å²) in [5.41, 5.74) is 11.2. The number of nitrogens with zero attached hydrogens (tertiary/aromatic N) is 1. The maximum atomic E-state index is 6.08. The first-order valence-electron chi connectivity index (χ1n) is 5.95. The molecule has 0 aliphatic carbocycles. The quantitative estimate of drug-likeness (QED) is 0.650.